The molecule has 0 unspecified atom stereocenters. The highest BCUT2D eigenvalue weighted by Crippen LogP contribution is 2.31. The molecule has 0 saturated carbocycles. The normalized spacial score (nSPS) is 15.5. The summed E-state index contributed by atoms with van der Waals surface area (Å²) in [4.78, 5) is 12.6. The fourth-order valence-corrected chi connectivity index (χ4v) is 3.81. The molecule has 150 valence electrons. The van der Waals surface area contributed by atoms with E-state index < -0.39 is 0 Å². The van der Waals surface area contributed by atoms with Crippen molar-refractivity contribution in [3.8, 4) is 17.6 Å². The van der Waals surface area contributed by atoms with Gasteiger partial charge in [0.2, 0.25) is 0 Å². The summed E-state index contributed by atoms with van der Waals surface area (Å²) in [6.45, 7) is 0.779. The molecule has 0 saturated heterocycles. The molecule has 0 radical (unpaired) electrons. The van der Waals surface area contributed by atoms with E-state index in [1.54, 1.807) is 24.7 Å². The fourth-order valence-electron chi connectivity index (χ4n) is 3.81. The SMILES string of the molecule is c1ccc(-n2ncc3c2CCC[C@H]3NCc2ccc(Oc3ncccn3)cc2)nc1. The van der Waals surface area contributed by atoms with Gasteiger partial charge in [0.15, 0.2) is 5.82 Å². The van der Waals surface area contributed by atoms with Gasteiger partial charge in [-0.05, 0) is 55.2 Å². The zero-order valence-corrected chi connectivity index (χ0v) is 16.5. The van der Waals surface area contributed by atoms with Crippen LogP contribution in [-0.4, -0.2) is 24.7 Å². The Morgan fingerprint density at radius 2 is 1.80 bits per heavy atom. The summed E-state index contributed by atoms with van der Waals surface area (Å²) in [5.41, 5.74) is 3.72. The summed E-state index contributed by atoms with van der Waals surface area (Å²) in [7, 11) is 0. The summed E-state index contributed by atoms with van der Waals surface area (Å²) >= 11 is 0. The molecule has 1 aliphatic rings. The second-order valence-corrected chi connectivity index (χ2v) is 7.25. The van der Waals surface area contributed by atoms with Crippen LogP contribution in [0.3, 0.4) is 0 Å². The maximum absolute atomic E-state index is 5.66. The van der Waals surface area contributed by atoms with Crippen LogP contribution in [0.25, 0.3) is 5.82 Å². The van der Waals surface area contributed by atoms with Crippen LogP contribution in [0.4, 0.5) is 0 Å². The summed E-state index contributed by atoms with van der Waals surface area (Å²) in [6, 6.07) is 16.3. The number of hydrogen-bond donors (Lipinski definition) is 1. The lowest BCUT2D eigenvalue weighted by molar-refractivity contribution is 0.440. The highest BCUT2D eigenvalue weighted by molar-refractivity contribution is 5.33. The zero-order chi connectivity index (χ0) is 20.2. The standard InChI is InChI=1S/C23H22N6O/c1-2-12-24-22(7-1)29-21-6-3-5-20(19(21)16-28-29)27-15-17-8-10-18(11-9-17)30-23-25-13-4-14-26-23/h1-2,4,7-14,16,20,27H,3,5-6,15H2/t20-/m1/s1. The molecule has 5 rings (SSSR count). The predicted molar refractivity (Wildman–Crippen MR) is 112 cm³/mol. The van der Waals surface area contributed by atoms with Gasteiger partial charge < -0.3 is 10.1 Å². The van der Waals surface area contributed by atoms with Crippen LogP contribution in [0.5, 0.6) is 11.8 Å². The van der Waals surface area contributed by atoms with E-state index in [0.717, 1.165) is 37.4 Å². The summed E-state index contributed by atoms with van der Waals surface area (Å²) in [5.74, 6) is 1.60. The van der Waals surface area contributed by atoms with Crippen LogP contribution in [0.1, 0.15) is 35.7 Å². The molecule has 1 atom stereocenters. The molecular weight excluding hydrogens is 376 g/mol. The fraction of sp³-hybridized carbons (Fsp3) is 0.217. The molecule has 3 aromatic heterocycles. The minimum absolute atomic E-state index is 0.292. The van der Waals surface area contributed by atoms with Gasteiger partial charge in [-0.3, -0.25) is 0 Å². The Bertz CT molecular complexity index is 1100. The van der Waals surface area contributed by atoms with Crippen LogP contribution >= 0.6 is 0 Å². The van der Waals surface area contributed by atoms with Gasteiger partial charge in [0, 0.05) is 36.7 Å². The molecule has 0 bridgehead atoms. The van der Waals surface area contributed by atoms with E-state index in [1.807, 2.05) is 41.2 Å². The van der Waals surface area contributed by atoms with Crippen molar-refractivity contribution in [1.29, 1.82) is 0 Å². The van der Waals surface area contributed by atoms with E-state index in [1.165, 1.54) is 16.8 Å². The van der Waals surface area contributed by atoms with Gasteiger partial charge in [-0.25, -0.2) is 19.6 Å². The first kappa shape index (κ1) is 18.4. The molecule has 1 aliphatic carbocycles. The molecule has 7 heteroatoms. The van der Waals surface area contributed by atoms with Crippen molar-refractivity contribution in [2.75, 3.05) is 0 Å². The van der Waals surface area contributed by atoms with Gasteiger partial charge >= 0.3 is 6.01 Å². The monoisotopic (exact) mass is 398 g/mol. The van der Waals surface area contributed by atoms with Crippen molar-refractivity contribution in [2.45, 2.75) is 31.8 Å². The van der Waals surface area contributed by atoms with E-state index in [9.17, 15) is 0 Å². The molecule has 0 fully saturated rings. The largest absolute Gasteiger partial charge is 0.424 e. The Morgan fingerprint density at radius 1 is 0.967 bits per heavy atom. The van der Waals surface area contributed by atoms with Crippen LogP contribution in [0, 0.1) is 0 Å². The summed E-state index contributed by atoms with van der Waals surface area (Å²) in [6.07, 6.45) is 10.4. The van der Waals surface area contributed by atoms with E-state index in [-0.39, 0.29) is 0 Å². The molecule has 7 nitrogen and oxygen atoms in total. The van der Waals surface area contributed by atoms with Crippen molar-refractivity contribution in [3.63, 3.8) is 0 Å². The third kappa shape index (κ3) is 3.92. The van der Waals surface area contributed by atoms with E-state index in [2.05, 4.69) is 37.5 Å². The second-order valence-electron chi connectivity index (χ2n) is 7.25. The molecule has 1 N–H and O–H groups in total. The molecular formula is C23H22N6O. The molecule has 30 heavy (non-hydrogen) atoms. The van der Waals surface area contributed by atoms with Gasteiger partial charge in [-0.15, -0.1) is 0 Å². The Morgan fingerprint density at radius 3 is 2.60 bits per heavy atom. The summed E-state index contributed by atoms with van der Waals surface area (Å²) < 4.78 is 7.63. The highest BCUT2D eigenvalue weighted by Gasteiger charge is 2.24. The Kier molecular flexibility index (Phi) is 5.18. The lowest BCUT2D eigenvalue weighted by Gasteiger charge is -2.24. The topological polar surface area (TPSA) is 77.8 Å². The van der Waals surface area contributed by atoms with Gasteiger partial charge in [-0.1, -0.05) is 18.2 Å². The third-order valence-electron chi connectivity index (χ3n) is 5.28. The maximum atomic E-state index is 5.66. The summed E-state index contributed by atoms with van der Waals surface area (Å²) in [5, 5.41) is 8.30. The lowest BCUT2D eigenvalue weighted by atomic mass is 9.92. The molecule has 0 amide bonds. The van der Waals surface area contributed by atoms with Crippen molar-refractivity contribution in [1.82, 2.24) is 30.0 Å². The number of rotatable bonds is 6. The number of benzene rings is 1. The van der Waals surface area contributed by atoms with Crippen molar-refractivity contribution >= 4 is 0 Å². The molecule has 0 aliphatic heterocycles. The third-order valence-corrected chi connectivity index (χ3v) is 5.28. The highest BCUT2D eigenvalue weighted by atomic mass is 16.5. The van der Waals surface area contributed by atoms with Crippen LogP contribution in [0.2, 0.25) is 0 Å². The van der Waals surface area contributed by atoms with Gasteiger partial charge in [0.25, 0.3) is 0 Å². The van der Waals surface area contributed by atoms with Gasteiger partial charge in [0.1, 0.15) is 5.75 Å². The van der Waals surface area contributed by atoms with Crippen LogP contribution in [-0.2, 0) is 13.0 Å². The lowest BCUT2D eigenvalue weighted by Crippen LogP contribution is -2.25. The molecule has 3 heterocycles. The minimum Gasteiger partial charge on any atom is -0.424 e. The number of nitrogens with one attached hydrogen (secondary N) is 1. The smallest absolute Gasteiger partial charge is 0.321 e. The number of pyridine rings is 1. The van der Waals surface area contributed by atoms with Crippen LogP contribution in [0.15, 0.2) is 73.3 Å². The van der Waals surface area contributed by atoms with E-state index in [0.29, 0.717) is 12.1 Å². The Balaban J connectivity index is 1.25. The van der Waals surface area contributed by atoms with Crippen LogP contribution < -0.4 is 10.1 Å². The number of ether oxygens (including phenoxy) is 1. The number of aromatic nitrogens is 5. The zero-order valence-electron chi connectivity index (χ0n) is 16.5. The average Bonchev–Trinajstić information content (AvgIpc) is 3.25. The molecule has 1 aromatic carbocycles. The number of nitrogens with zero attached hydrogens (tertiary/aromatic N) is 5. The molecule has 4 aromatic rings. The number of hydrogen-bond acceptors (Lipinski definition) is 6. The number of fused-ring (bicyclic) bond motifs is 1. The first-order chi connectivity index (χ1) is 14.9. The first-order valence-electron chi connectivity index (χ1n) is 10.1. The Labute approximate surface area is 174 Å². The second kappa shape index (κ2) is 8.42. The predicted octanol–water partition coefficient (Wildman–Crippen LogP) is 4.02. The Hall–Kier alpha value is -3.58. The van der Waals surface area contributed by atoms with Gasteiger partial charge in [-0.2, -0.15) is 5.10 Å². The van der Waals surface area contributed by atoms with Crippen molar-refractivity contribution in [3.05, 3.63) is 90.1 Å². The minimum atomic E-state index is 0.292. The van der Waals surface area contributed by atoms with E-state index >= 15 is 0 Å². The molecule has 0 spiro atoms. The maximum Gasteiger partial charge on any atom is 0.321 e. The van der Waals surface area contributed by atoms with Crippen molar-refractivity contribution in [2.24, 2.45) is 0 Å². The van der Waals surface area contributed by atoms with Gasteiger partial charge in [0.05, 0.1) is 11.9 Å². The van der Waals surface area contributed by atoms with E-state index in [4.69, 9.17) is 4.74 Å². The average molecular weight is 398 g/mol. The van der Waals surface area contributed by atoms with Crippen molar-refractivity contribution < 1.29 is 4.74 Å². The first-order valence-corrected chi connectivity index (χ1v) is 10.1. The quantitative estimate of drug-likeness (QED) is 0.529.